The Balaban J connectivity index is 1.55. The minimum absolute atomic E-state index is 0.650. The molecule has 0 saturated carbocycles. The zero-order valence-corrected chi connectivity index (χ0v) is 17.0. The number of fused-ring (bicyclic) bond motifs is 1. The number of piperidine rings is 1. The molecule has 146 valence electrons. The average molecular weight is 396 g/mol. The molecule has 2 aromatic carbocycles. The molecule has 3 aromatic rings. The van der Waals surface area contributed by atoms with Crippen LogP contribution in [-0.4, -0.2) is 48.2 Å². The van der Waals surface area contributed by atoms with Crippen LogP contribution >= 0.6 is 11.8 Å². The minimum Gasteiger partial charge on any atom is -0.493 e. The Morgan fingerprint density at radius 1 is 1.00 bits per heavy atom. The highest BCUT2D eigenvalue weighted by atomic mass is 32.2. The van der Waals surface area contributed by atoms with Crippen molar-refractivity contribution in [1.29, 1.82) is 0 Å². The van der Waals surface area contributed by atoms with Crippen LogP contribution < -0.4 is 9.47 Å². The third-order valence-corrected chi connectivity index (χ3v) is 5.98. The first-order valence-electron chi connectivity index (χ1n) is 9.74. The van der Waals surface area contributed by atoms with Gasteiger partial charge in [-0.1, -0.05) is 36.4 Å². The molecule has 28 heavy (non-hydrogen) atoms. The second kappa shape index (κ2) is 9.26. The molecular formula is C22H25N3O2S. The Labute approximate surface area is 170 Å². The van der Waals surface area contributed by atoms with Gasteiger partial charge in [0.2, 0.25) is 0 Å². The van der Waals surface area contributed by atoms with Gasteiger partial charge in [0.15, 0.2) is 11.5 Å². The lowest BCUT2D eigenvalue weighted by molar-refractivity contribution is 0.181. The van der Waals surface area contributed by atoms with Crippen LogP contribution in [0.3, 0.4) is 0 Å². The molecule has 0 spiro atoms. The fourth-order valence-electron chi connectivity index (χ4n) is 3.46. The minimum atomic E-state index is 0.650. The van der Waals surface area contributed by atoms with Crippen molar-refractivity contribution in [1.82, 2.24) is 14.9 Å². The summed E-state index contributed by atoms with van der Waals surface area (Å²) in [5, 5.41) is 1.89. The number of methoxy groups -OCH3 is 1. The van der Waals surface area contributed by atoms with E-state index in [0.717, 1.165) is 33.1 Å². The van der Waals surface area contributed by atoms with Crippen LogP contribution in [0.25, 0.3) is 10.9 Å². The number of likely N-dealkylation sites (tertiary alicyclic amines) is 1. The van der Waals surface area contributed by atoms with Gasteiger partial charge in [0.25, 0.3) is 0 Å². The Morgan fingerprint density at radius 3 is 2.61 bits per heavy atom. The van der Waals surface area contributed by atoms with E-state index in [-0.39, 0.29) is 0 Å². The first-order valence-corrected chi connectivity index (χ1v) is 10.6. The lowest BCUT2D eigenvalue weighted by Gasteiger charge is -2.26. The summed E-state index contributed by atoms with van der Waals surface area (Å²) in [6.07, 6.45) is 5.52. The topological polar surface area (TPSA) is 47.5 Å². The molecule has 1 fully saturated rings. The highest BCUT2D eigenvalue weighted by Crippen LogP contribution is 2.37. The van der Waals surface area contributed by atoms with Crippen LogP contribution in [0.1, 0.15) is 19.3 Å². The molecule has 5 nitrogen and oxygen atoms in total. The summed E-state index contributed by atoms with van der Waals surface area (Å²) in [5.41, 5.74) is 0.855. The summed E-state index contributed by atoms with van der Waals surface area (Å²) in [4.78, 5) is 12.5. The van der Waals surface area contributed by atoms with Gasteiger partial charge in [-0.05, 0) is 44.1 Å². The quantitative estimate of drug-likeness (QED) is 0.543. The van der Waals surface area contributed by atoms with Gasteiger partial charge >= 0.3 is 0 Å². The fourth-order valence-corrected chi connectivity index (χ4v) is 4.35. The van der Waals surface area contributed by atoms with Gasteiger partial charge in [-0.2, -0.15) is 0 Å². The Hall–Kier alpha value is -2.31. The van der Waals surface area contributed by atoms with Crippen LogP contribution in [0.5, 0.6) is 11.5 Å². The van der Waals surface area contributed by atoms with Gasteiger partial charge in [-0.25, -0.2) is 9.97 Å². The number of rotatable bonds is 7. The zero-order valence-electron chi connectivity index (χ0n) is 16.1. The van der Waals surface area contributed by atoms with Gasteiger partial charge in [-0.3, -0.25) is 4.90 Å². The van der Waals surface area contributed by atoms with E-state index in [9.17, 15) is 0 Å². The van der Waals surface area contributed by atoms with E-state index in [1.165, 1.54) is 32.4 Å². The average Bonchev–Trinajstić information content (AvgIpc) is 2.75. The molecule has 1 aliphatic rings. The molecular weight excluding hydrogens is 370 g/mol. The van der Waals surface area contributed by atoms with Crippen LogP contribution in [-0.2, 0) is 0 Å². The highest BCUT2D eigenvalue weighted by Gasteiger charge is 2.14. The molecule has 0 unspecified atom stereocenters. The normalized spacial score (nSPS) is 14.9. The van der Waals surface area contributed by atoms with Crippen molar-refractivity contribution < 1.29 is 9.47 Å². The van der Waals surface area contributed by atoms with Crippen molar-refractivity contribution in [2.45, 2.75) is 29.2 Å². The fraction of sp³-hybridized carbons (Fsp3) is 0.364. The van der Waals surface area contributed by atoms with E-state index in [0.29, 0.717) is 12.4 Å². The second-order valence-electron chi connectivity index (χ2n) is 6.86. The lowest BCUT2D eigenvalue weighted by Crippen LogP contribution is -2.33. The molecule has 0 amide bonds. The van der Waals surface area contributed by atoms with Gasteiger partial charge in [0, 0.05) is 22.9 Å². The molecule has 0 bridgehead atoms. The molecule has 0 N–H and O–H groups in total. The van der Waals surface area contributed by atoms with Crippen LogP contribution in [0.2, 0.25) is 0 Å². The largest absolute Gasteiger partial charge is 0.493 e. The Kier molecular flexibility index (Phi) is 6.29. The molecule has 0 radical (unpaired) electrons. The van der Waals surface area contributed by atoms with E-state index >= 15 is 0 Å². The van der Waals surface area contributed by atoms with E-state index in [2.05, 4.69) is 27.0 Å². The van der Waals surface area contributed by atoms with Crippen LogP contribution in [0, 0.1) is 0 Å². The Morgan fingerprint density at radius 2 is 1.82 bits per heavy atom. The maximum absolute atomic E-state index is 6.11. The van der Waals surface area contributed by atoms with Gasteiger partial charge in [-0.15, -0.1) is 0 Å². The van der Waals surface area contributed by atoms with Crippen molar-refractivity contribution in [2.24, 2.45) is 0 Å². The second-order valence-corrected chi connectivity index (χ2v) is 7.93. The summed E-state index contributed by atoms with van der Waals surface area (Å²) in [6.45, 7) is 3.93. The molecule has 1 aliphatic heterocycles. The number of benzene rings is 2. The predicted octanol–water partition coefficient (Wildman–Crippen LogP) is 4.65. The van der Waals surface area contributed by atoms with Crippen molar-refractivity contribution in [3.05, 3.63) is 48.8 Å². The number of nitrogens with zero attached hydrogens (tertiary/aromatic N) is 3. The van der Waals surface area contributed by atoms with Crippen LogP contribution in [0.4, 0.5) is 0 Å². The monoisotopic (exact) mass is 395 g/mol. The van der Waals surface area contributed by atoms with Crippen molar-refractivity contribution >= 4 is 22.7 Å². The number of aromatic nitrogens is 2. The molecule has 2 heterocycles. The summed E-state index contributed by atoms with van der Waals surface area (Å²) in [6, 6.07) is 14.2. The van der Waals surface area contributed by atoms with Crippen LogP contribution in [0.15, 0.2) is 58.7 Å². The van der Waals surface area contributed by atoms with Crippen molar-refractivity contribution in [2.75, 3.05) is 33.4 Å². The number of hydrogen-bond donors (Lipinski definition) is 0. The van der Waals surface area contributed by atoms with Gasteiger partial charge in [0.1, 0.15) is 18.0 Å². The number of ether oxygens (including phenoxy) is 2. The van der Waals surface area contributed by atoms with E-state index in [4.69, 9.17) is 9.47 Å². The van der Waals surface area contributed by atoms with Crippen molar-refractivity contribution in [3.8, 4) is 11.5 Å². The molecule has 0 atom stereocenters. The molecule has 1 aromatic heterocycles. The molecule has 4 rings (SSSR count). The lowest BCUT2D eigenvalue weighted by atomic mass is 10.1. The predicted molar refractivity (Wildman–Crippen MR) is 112 cm³/mol. The molecule has 1 saturated heterocycles. The van der Waals surface area contributed by atoms with Gasteiger partial charge in [0.05, 0.1) is 12.6 Å². The first kappa shape index (κ1) is 19.0. The maximum Gasteiger partial charge on any atom is 0.162 e. The number of hydrogen-bond acceptors (Lipinski definition) is 6. The van der Waals surface area contributed by atoms with E-state index < -0.39 is 0 Å². The Bertz CT molecular complexity index is 914. The summed E-state index contributed by atoms with van der Waals surface area (Å²) < 4.78 is 11.7. The van der Waals surface area contributed by atoms with E-state index in [1.54, 1.807) is 25.2 Å². The zero-order chi connectivity index (χ0) is 19.2. The third kappa shape index (κ3) is 4.56. The first-order chi connectivity index (χ1) is 13.8. The van der Waals surface area contributed by atoms with E-state index in [1.807, 2.05) is 30.3 Å². The maximum atomic E-state index is 6.11. The third-order valence-electron chi connectivity index (χ3n) is 4.96. The summed E-state index contributed by atoms with van der Waals surface area (Å²) in [7, 11) is 1.67. The summed E-state index contributed by atoms with van der Waals surface area (Å²) in [5.74, 6) is 1.46. The molecule has 0 aliphatic carbocycles. The summed E-state index contributed by atoms with van der Waals surface area (Å²) >= 11 is 1.63. The smallest absolute Gasteiger partial charge is 0.162 e. The highest BCUT2D eigenvalue weighted by molar-refractivity contribution is 7.99. The molecule has 6 heteroatoms. The SMILES string of the molecule is COc1cc2ncnc(Sc3ccccc3)c2cc1OCCN1CCCCC1. The van der Waals surface area contributed by atoms with Gasteiger partial charge < -0.3 is 9.47 Å². The standard InChI is InChI=1S/C22H25N3O2S/c1-26-20-15-19-18(14-21(20)27-13-12-25-10-6-3-7-11-25)22(24-16-23-19)28-17-8-4-2-5-9-17/h2,4-5,8-9,14-16H,3,6-7,10-13H2,1H3. The van der Waals surface area contributed by atoms with Crippen molar-refractivity contribution in [3.63, 3.8) is 0 Å².